The standard InChI is InChI=1S/C28H35FN4O5/c1-17(18-6-4-3-5-7-18)25(26(34)31-23-13-10-20(30)16-22(23)29)33-27(35)24(32-28(33)36)19-8-11-21(12-9-19)38-15-14-37-2/h8-13,16-18,24-25H,3-7,14-15,30H2,1-2H3,(H,31,34)(H,32,36)/t17-,24+,25-/m0/s1. The van der Waals surface area contributed by atoms with Gasteiger partial charge in [-0.3, -0.25) is 9.59 Å². The molecular formula is C28H35FN4O5. The third-order valence-corrected chi connectivity index (χ3v) is 7.43. The summed E-state index contributed by atoms with van der Waals surface area (Å²) in [5.41, 5.74) is 6.37. The van der Waals surface area contributed by atoms with Gasteiger partial charge in [-0.25, -0.2) is 14.1 Å². The van der Waals surface area contributed by atoms with Gasteiger partial charge in [0.05, 0.1) is 12.3 Å². The summed E-state index contributed by atoms with van der Waals surface area (Å²) >= 11 is 0. The van der Waals surface area contributed by atoms with Gasteiger partial charge in [0.25, 0.3) is 5.91 Å². The Morgan fingerprint density at radius 2 is 1.84 bits per heavy atom. The second-order valence-electron chi connectivity index (χ2n) is 9.93. The first-order valence-corrected chi connectivity index (χ1v) is 13.0. The van der Waals surface area contributed by atoms with Crippen molar-refractivity contribution in [3.8, 4) is 5.75 Å². The number of nitrogen functional groups attached to an aromatic ring is 1. The van der Waals surface area contributed by atoms with Crippen LogP contribution in [-0.4, -0.2) is 49.1 Å². The van der Waals surface area contributed by atoms with E-state index < -0.39 is 35.7 Å². The van der Waals surface area contributed by atoms with Crippen LogP contribution in [0.1, 0.15) is 50.6 Å². The molecular weight excluding hydrogens is 491 g/mol. The molecule has 0 aromatic heterocycles. The van der Waals surface area contributed by atoms with Crippen molar-refractivity contribution in [1.29, 1.82) is 0 Å². The zero-order valence-electron chi connectivity index (χ0n) is 21.7. The summed E-state index contributed by atoms with van der Waals surface area (Å²) in [4.78, 5) is 41.5. The average molecular weight is 527 g/mol. The Bertz CT molecular complexity index is 1150. The molecule has 10 heteroatoms. The topological polar surface area (TPSA) is 123 Å². The van der Waals surface area contributed by atoms with Gasteiger partial charge in [0.1, 0.15) is 30.3 Å². The minimum absolute atomic E-state index is 0.0577. The first kappa shape index (κ1) is 27.4. The van der Waals surface area contributed by atoms with Crippen LogP contribution in [-0.2, 0) is 14.3 Å². The van der Waals surface area contributed by atoms with Gasteiger partial charge in [0.2, 0.25) is 5.91 Å². The van der Waals surface area contributed by atoms with E-state index in [0.717, 1.165) is 43.1 Å². The Kier molecular flexibility index (Phi) is 8.83. The number of nitrogens with two attached hydrogens (primary N) is 1. The van der Waals surface area contributed by atoms with Gasteiger partial charge in [-0.15, -0.1) is 0 Å². The number of nitrogens with one attached hydrogen (secondary N) is 2. The van der Waals surface area contributed by atoms with Crippen LogP contribution >= 0.6 is 0 Å². The molecule has 2 aromatic rings. The van der Waals surface area contributed by atoms with Crippen LogP contribution in [0.15, 0.2) is 42.5 Å². The number of imide groups is 1. The van der Waals surface area contributed by atoms with Crippen LogP contribution in [0.5, 0.6) is 5.75 Å². The number of rotatable bonds is 10. The fourth-order valence-electron chi connectivity index (χ4n) is 5.33. The highest BCUT2D eigenvalue weighted by Crippen LogP contribution is 2.36. The number of benzene rings is 2. The minimum atomic E-state index is -1.11. The average Bonchev–Trinajstić information content (AvgIpc) is 3.20. The minimum Gasteiger partial charge on any atom is -0.491 e. The van der Waals surface area contributed by atoms with Crippen molar-refractivity contribution >= 4 is 29.2 Å². The zero-order chi connectivity index (χ0) is 27.2. The fourth-order valence-corrected chi connectivity index (χ4v) is 5.33. The molecule has 0 unspecified atom stereocenters. The van der Waals surface area contributed by atoms with Crippen LogP contribution < -0.4 is 21.1 Å². The molecule has 2 aromatic carbocycles. The molecule has 4 amide bonds. The third kappa shape index (κ3) is 6.07. The lowest BCUT2D eigenvalue weighted by atomic mass is 9.77. The van der Waals surface area contributed by atoms with E-state index >= 15 is 0 Å². The maximum Gasteiger partial charge on any atom is 0.325 e. The van der Waals surface area contributed by atoms with Crippen molar-refractivity contribution in [2.24, 2.45) is 11.8 Å². The monoisotopic (exact) mass is 526 g/mol. The molecule has 4 N–H and O–H groups in total. The number of anilines is 2. The second kappa shape index (κ2) is 12.3. The normalized spacial score (nSPS) is 19.7. The molecule has 2 fully saturated rings. The quantitative estimate of drug-likeness (QED) is 0.242. The molecule has 1 heterocycles. The number of urea groups is 1. The molecule has 9 nitrogen and oxygen atoms in total. The van der Waals surface area contributed by atoms with Gasteiger partial charge in [0, 0.05) is 12.8 Å². The first-order valence-electron chi connectivity index (χ1n) is 13.0. The summed E-state index contributed by atoms with van der Waals surface area (Å²) in [5, 5.41) is 5.32. The lowest BCUT2D eigenvalue weighted by Gasteiger charge is -2.36. The van der Waals surface area contributed by atoms with E-state index in [1.165, 1.54) is 12.1 Å². The van der Waals surface area contributed by atoms with E-state index in [1.54, 1.807) is 31.4 Å². The second-order valence-corrected chi connectivity index (χ2v) is 9.93. The van der Waals surface area contributed by atoms with E-state index in [4.69, 9.17) is 15.2 Å². The smallest absolute Gasteiger partial charge is 0.325 e. The van der Waals surface area contributed by atoms with Gasteiger partial charge in [0.15, 0.2) is 0 Å². The highest BCUT2D eigenvalue weighted by atomic mass is 19.1. The maximum absolute atomic E-state index is 14.5. The van der Waals surface area contributed by atoms with Crippen molar-refractivity contribution in [2.45, 2.75) is 51.1 Å². The van der Waals surface area contributed by atoms with Crippen molar-refractivity contribution in [2.75, 3.05) is 31.4 Å². The predicted octanol–water partition coefficient (Wildman–Crippen LogP) is 4.25. The highest BCUT2D eigenvalue weighted by Gasteiger charge is 2.48. The van der Waals surface area contributed by atoms with Gasteiger partial charge in [-0.1, -0.05) is 51.2 Å². The van der Waals surface area contributed by atoms with Crippen molar-refractivity contribution in [1.82, 2.24) is 10.2 Å². The van der Waals surface area contributed by atoms with Crippen LogP contribution in [0.25, 0.3) is 0 Å². The van der Waals surface area contributed by atoms with Crippen molar-refractivity contribution < 1.29 is 28.2 Å². The number of carbonyl (C=O) groups is 3. The van der Waals surface area contributed by atoms with Crippen LogP contribution in [0.4, 0.5) is 20.6 Å². The summed E-state index contributed by atoms with van der Waals surface area (Å²) in [5.74, 6) is -1.39. The lowest BCUT2D eigenvalue weighted by molar-refractivity contribution is -0.136. The Hall–Kier alpha value is -3.66. The summed E-state index contributed by atoms with van der Waals surface area (Å²) < 4.78 is 25.1. The lowest BCUT2D eigenvalue weighted by Crippen LogP contribution is -2.53. The zero-order valence-corrected chi connectivity index (χ0v) is 21.7. The molecule has 1 saturated heterocycles. The van der Waals surface area contributed by atoms with Gasteiger partial charge >= 0.3 is 6.03 Å². The Morgan fingerprint density at radius 1 is 1.13 bits per heavy atom. The molecule has 1 aliphatic carbocycles. The molecule has 0 spiro atoms. The Morgan fingerprint density at radius 3 is 2.50 bits per heavy atom. The first-order chi connectivity index (χ1) is 18.3. The van der Waals surface area contributed by atoms with E-state index in [0.29, 0.717) is 24.5 Å². The molecule has 38 heavy (non-hydrogen) atoms. The summed E-state index contributed by atoms with van der Waals surface area (Å²) in [6.45, 7) is 2.71. The molecule has 1 aliphatic heterocycles. The Balaban J connectivity index is 1.58. The van der Waals surface area contributed by atoms with Gasteiger partial charge < -0.3 is 25.8 Å². The number of carbonyl (C=O) groups excluding carboxylic acids is 3. The van der Waals surface area contributed by atoms with Gasteiger partial charge in [-0.05, 0) is 47.7 Å². The molecule has 3 atom stereocenters. The van der Waals surface area contributed by atoms with E-state index in [9.17, 15) is 18.8 Å². The maximum atomic E-state index is 14.5. The van der Waals surface area contributed by atoms with Crippen LogP contribution in [0.3, 0.4) is 0 Å². The molecule has 1 saturated carbocycles. The SMILES string of the molecule is COCCOc1ccc([C@H]2NC(=O)N([C@H](C(=O)Nc3ccc(N)cc3F)[C@@H](C)C3CCCCC3)C2=O)cc1. The number of nitrogens with zero attached hydrogens (tertiary/aromatic N) is 1. The van der Waals surface area contributed by atoms with Crippen LogP contribution in [0, 0.1) is 17.7 Å². The molecule has 4 rings (SSSR count). The summed E-state index contributed by atoms with van der Waals surface area (Å²) in [7, 11) is 1.58. The van der Waals surface area contributed by atoms with E-state index in [2.05, 4.69) is 10.6 Å². The number of hydrogen-bond donors (Lipinski definition) is 3. The predicted molar refractivity (Wildman–Crippen MR) is 141 cm³/mol. The fraction of sp³-hybridized carbons (Fsp3) is 0.464. The van der Waals surface area contributed by atoms with E-state index in [-0.39, 0.29) is 23.2 Å². The number of hydrogen-bond acceptors (Lipinski definition) is 6. The summed E-state index contributed by atoms with van der Waals surface area (Å²) in [6, 6.07) is 8.10. The highest BCUT2D eigenvalue weighted by molar-refractivity contribution is 6.09. The molecule has 204 valence electrons. The van der Waals surface area contributed by atoms with Crippen molar-refractivity contribution in [3.63, 3.8) is 0 Å². The summed E-state index contributed by atoms with van der Waals surface area (Å²) in [6.07, 6.45) is 4.97. The number of ether oxygens (including phenoxy) is 2. The van der Waals surface area contributed by atoms with E-state index in [1.807, 2.05) is 6.92 Å². The largest absolute Gasteiger partial charge is 0.491 e. The number of amides is 4. The molecule has 0 bridgehead atoms. The molecule has 2 aliphatic rings. The van der Waals surface area contributed by atoms with Crippen molar-refractivity contribution in [3.05, 3.63) is 53.8 Å². The number of halogens is 1. The van der Waals surface area contributed by atoms with Crippen LogP contribution in [0.2, 0.25) is 0 Å². The Labute approximate surface area is 221 Å². The molecule has 0 radical (unpaired) electrons. The van der Waals surface area contributed by atoms with Gasteiger partial charge in [-0.2, -0.15) is 0 Å². The number of methoxy groups -OCH3 is 1. The third-order valence-electron chi connectivity index (χ3n) is 7.43.